The van der Waals surface area contributed by atoms with Crippen molar-refractivity contribution >= 4 is 23.4 Å². The lowest BCUT2D eigenvalue weighted by atomic mass is 10.1. The zero-order chi connectivity index (χ0) is 23.3. The second-order valence-electron chi connectivity index (χ2n) is 7.62. The number of anilines is 3. The van der Waals surface area contributed by atoms with E-state index in [0.29, 0.717) is 37.1 Å². The van der Waals surface area contributed by atoms with E-state index in [2.05, 4.69) is 20.6 Å². The minimum Gasteiger partial charge on any atom is -0.387 e. The number of benzene rings is 1. The number of amides is 1. The van der Waals surface area contributed by atoms with Gasteiger partial charge in [0.2, 0.25) is 11.9 Å². The number of hydrogen-bond acceptors (Lipinski definition) is 6. The van der Waals surface area contributed by atoms with Gasteiger partial charge in [0.05, 0.1) is 5.56 Å². The first-order chi connectivity index (χ1) is 15.2. The molecular weight excluding hydrogens is 430 g/mol. The first kappa shape index (κ1) is 23.7. The SMILES string of the molecule is CCCc1cc(N2CCCC(NC(=O)CO)C2)nc(Nc2ccc(F)c(C(F)(F)F)c2)n1. The summed E-state index contributed by atoms with van der Waals surface area (Å²) in [6, 6.07) is 4.29. The molecule has 1 aromatic heterocycles. The molecule has 0 saturated carbocycles. The maximum absolute atomic E-state index is 13.6. The average Bonchev–Trinajstić information content (AvgIpc) is 2.74. The Balaban J connectivity index is 1.86. The molecule has 0 spiro atoms. The van der Waals surface area contributed by atoms with Crippen molar-refractivity contribution in [2.45, 2.75) is 44.8 Å². The zero-order valence-corrected chi connectivity index (χ0v) is 17.5. The van der Waals surface area contributed by atoms with E-state index in [0.717, 1.165) is 25.3 Å². The number of carbonyl (C=O) groups is 1. The highest BCUT2D eigenvalue weighted by atomic mass is 19.4. The van der Waals surface area contributed by atoms with Crippen LogP contribution in [-0.2, 0) is 17.4 Å². The number of nitrogens with zero attached hydrogens (tertiary/aromatic N) is 3. The Hall–Kier alpha value is -2.95. The highest BCUT2D eigenvalue weighted by Crippen LogP contribution is 2.33. The fourth-order valence-electron chi connectivity index (χ4n) is 3.61. The Morgan fingerprint density at radius 1 is 1.28 bits per heavy atom. The Bertz CT molecular complexity index is 954. The number of aromatic nitrogens is 2. The van der Waals surface area contributed by atoms with E-state index >= 15 is 0 Å². The van der Waals surface area contributed by atoms with Crippen molar-refractivity contribution in [3.63, 3.8) is 0 Å². The molecule has 1 amide bonds. The Labute approximate surface area is 182 Å². The van der Waals surface area contributed by atoms with E-state index in [1.807, 2.05) is 17.9 Å². The van der Waals surface area contributed by atoms with Crippen LogP contribution in [0.5, 0.6) is 0 Å². The number of alkyl halides is 3. The molecule has 2 aromatic rings. The summed E-state index contributed by atoms with van der Waals surface area (Å²) in [5.41, 5.74) is -0.643. The Kier molecular flexibility index (Phi) is 7.49. The van der Waals surface area contributed by atoms with Crippen LogP contribution in [0.25, 0.3) is 0 Å². The predicted molar refractivity (Wildman–Crippen MR) is 111 cm³/mol. The lowest BCUT2D eigenvalue weighted by Gasteiger charge is -2.34. The molecule has 0 radical (unpaired) electrons. The smallest absolute Gasteiger partial charge is 0.387 e. The van der Waals surface area contributed by atoms with Gasteiger partial charge in [0.15, 0.2) is 0 Å². The molecule has 1 unspecified atom stereocenters. The van der Waals surface area contributed by atoms with Crippen LogP contribution in [0, 0.1) is 5.82 Å². The third-order valence-corrected chi connectivity index (χ3v) is 5.05. The van der Waals surface area contributed by atoms with Gasteiger partial charge in [-0.25, -0.2) is 9.37 Å². The standard InChI is InChI=1S/C21H25F4N5O2/c1-2-4-13-10-18(30-8-3-5-15(11-30)26-19(32)12-31)29-20(27-13)28-14-6-7-17(22)16(9-14)21(23,24)25/h6-7,9-10,15,31H,2-5,8,11-12H2,1H3,(H,26,32)(H,27,28,29). The lowest BCUT2D eigenvalue weighted by Crippen LogP contribution is -2.48. The molecule has 1 fully saturated rings. The van der Waals surface area contributed by atoms with Gasteiger partial charge in [-0.2, -0.15) is 18.2 Å². The van der Waals surface area contributed by atoms with E-state index < -0.39 is 30.1 Å². The van der Waals surface area contributed by atoms with Crippen LogP contribution in [0.3, 0.4) is 0 Å². The van der Waals surface area contributed by atoms with Crippen molar-refractivity contribution in [3.05, 3.63) is 41.3 Å². The van der Waals surface area contributed by atoms with Crippen LogP contribution < -0.4 is 15.5 Å². The second kappa shape index (κ2) is 10.1. The Morgan fingerprint density at radius 3 is 2.75 bits per heavy atom. The molecule has 1 aliphatic heterocycles. The van der Waals surface area contributed by atoms with E-state index in [4.69, 9.17) is 5.11 Å². The largest absolute Gasteiger partial charge is 0.419 e. The number of carbonyl (C=O) groups excluding carboxylic acids is 1. The molecule has 1 atom stereocenters. The zero-order valence-electron chi connectivity index (χ0n) is 17.5. The molecular formula is C21H25F4N5O2. The topological polar surface area (TPSA) is 90.4 Å². The van der Waals surface area contributed by atoms with Crippen LogP contribution in [-0.4, -0.2) is 46.7 Å². The van der Waals surface area contributed by atoms with Gasteiger partial charge in [-0.1, -0.05) is 13.3 Å². The van der Waals surface area contributed by atoms with Crippen LogP contribution >= 0.6 is 0 Å². The third-order valence-electron chi connectivity index (χ3n) is 5.05. The van der Waals surface area contributed by atoms with Gasteiger partial charge in [-0.05, 0) is 37.5 Å². The molecule has 1 saturated heterocycles. The van der Waals surface area contributed by atoms with Crippen molar-refractivity contribution in [2.75, 3.05) is 29.9 Å². The highest BCUT2D eigenvalue weighted by molar-refractivity contribution is 5.77. The molecule has 3 rings (SSSR count). The molecule has 0 aliphatic carbocycles. The summed E-state index contributed by atoms with van der Waals surface area (Å²) in [5, 5.41) is 14.5. The van der Waals surface area contributed by atoms with Crippen LogP contribution in [0.2, 0.25) is 0 Å². The van der Waals surface area contributed by atoms with E-state index in [1.165, 1.54) is 6.07 Å². The number of aliphatic hydroxyl groups is 1. The van der Waals surface area contributed by atoms with Crippen molar-refractivity contribution in [1.29, 1.82) is 0 Å². The monoisotopic (exact) mass is 455 g/mol. The van der Waals surface area contributed by atoms with Gasteiger partial charge in [0, 0.05) is 36.6 Å². The first-order valence-corrected chi connectivity index (χ1v) is 10.4. The molecule has 32 heavy (non-hydrogen) atoms. The molecule has 3 N–H and O–H groups in total. The van der Waals surface area contributed by atoms with Crippen molar-refractivity contribution in [2.24, 2.45) is 0 Å². The maximum atomic E-state index is 13.6. The molecule has 0 bridgehead atoms. The minimum absolute atomic E-state index is 0.0186. The van der Waals surface area contributed by atoms with Gasteiger partial charge in [-0.15, -0.1) is 0 Å². The van der Waals surface area contributed by atoms with Gasteiger partial charge < -0.3 is 20.6 Å². The fraction of sp³-hybridized carbons (Fsp3) is 0.476. The number of aliphatic hydroxyl groups excluding tert-OH is 1. The number of halogens is 4. The molecule has 1 aliphatic rings. The van der Waals surface area contributed by atoms with Gasteiger partial charge >= 0.3 is 6.18 Å². The van der Waals surface area contributed by atoms with Crippen molar-refractivity contribution < 1.29 is 27.5 Å². The third kappa shape index (κ3) is 6.06. The van der Waals surface area contributed by atoms with Crippen LogP contribution in [0.4, 0.5) is 35.0 Å². The van der Waals surface area contributed by atoms with Gasteiger partial charge in [-0.3, -0.25) is 4.79 Å². The molecule has 11 heteroatoms. The summed E-state index contributed by atoms with van der Waals surface area (Å²) in [6.07, 6.45) is -1.82. The second-order valence-corrected chi connectivity index (χ2v) is 7.62. The maximum Gasteiger partial charge on any atom is 0.419 e. The van der Waals surface area contributed by atoms with Crippen LogP contribution in [0.15, 0.2) is 24.3 Å². The summed E-state index contributed by atoms with van der Waals surface area (Å²) in [7, 11) is 0. The molecule has 174 valence electrons. The summed E-state index contributed by atoms with van der Waals surface area (Å²) in [5.74, 6) is -1.13. The summed E-state index contributed by atoms with van der Waals surface area (Å²) >= 11 is 0. The summed E-state index contributed by atoms with van der Waals surface area (Å²) in [6.45, 7) is 2.55. The number of hydrogen-bond donors (Lipinski definition) is 3. The average molecular weight is 455 g/mol. The Morgan fingerprint density at radius 2 is 2.06 bits per heavy atom. The normalized spacial score (nSPS) is 16.7. The quantitative estimate of drug-likeness (QED) is 0.555. The van der Waals surface area contributed by atoms with E-state index in [1.54, 1.807) is 0 Å². The number of rotatable bonds is 7. The van der Waals surface area contributed by atoms with Crippen molar-refractivity contribution in [1.82, 2.24) is 15.3 Å². The fourth-order valence-corrected chi connectivity index (χ4v) is 3.61. The minimum atomic E-state index is -4.82. The summed E-state index contributed by atoms with van der Waals surface area (Å²) in [4.78, 5) is 22.3. The molecule has 2 heterocycles. The predicted octanol–water partition coefficient (Wildman–Crippen LogP) is 3.41. The van der Waals surface area contributed by atoms with E-state index in [9.17, 15) is 22.4 Å². The van der Waals surface area contributed by atoms with Gasteiger partial charge in [0.1, 0.15) is 18.2 Å². The van der Waals surface area contributed by atoms with Gasteiger partial charge in [0.25, 0.3) is 0 Å². The van der Waals surface area contributed by atoms with E-state index in [-0.39, 0.29) is 17.7 Å². The molecule has 1 aromatic carbocycles. The number of piperidine rings is 1. The highest BCUT2D eigenvalue weighted by Gasteiger charge is 2.34. The number of nitrogens with one attached hydrogen (secondary N) is 2. The summed E-state index contributed by atoms with van der Waals surface area (Å²) < 4.78 is 52.7. The van der Waals surface area contributed by atoms with Crippen molar-refractivity contribution in [3.8, 4) is 0 Å². The lowest BCUT2D eigenvalue weighted by molar-refractivity contribution is -0.140. The first-order valence-electron chi connectivity index (χ1n) is 10.4. The van der Waals surface area contributed by atoms with Crippen LogP contribution in [0.1, 0.15) is 37.4 Å². The molecule has 7 nitrogen and oxygen atoms in total. The number of aryl methyl sites for hydroxylation is 1.